The maximum atomic E-state index is 13.3. The minimum absolute atomic E-state index is 0.0840. The lowest BCUT2D eigenvalue weighted by atomic mass is 10.00. The Labute approximate surface area is 167 Å². The van der Waals surface area contributed by atoms with E-state index in [0.717, 1.165) is 19.3 Å². The lowest BCUT2D eigenvalue weighted by Crippen LogP contribution is -2.46. The molecule has 2 N–H and O–H groups in total. The number of halogens is 2. The van der Waals surface area contributed by atoms with Crippen LogP contribution in [0.25, 0.3) is 0 Å². The monoisotopic (exact) mass is 403 g/mol. The van der Waals surface area contributed by atoms with E-state index in [1.165, 1.54) is 36.4 Å². The summed E-state index contributed by atoms with van der Waals surface area (Å²) in [5.41, 5.74) is 0.703. The van der Waals surface area contributed by atoms with E-state index in [9.17, 15) is 18.4 Å². The Kier molecular flexibility index (Phi) is 6.99. The number of rotatable bonds is 5. The summed E-state index contributed by atoms with van der Waals surface area (Å²) in [6, 6.07) is 10.9. The molecule has 2 aromatic carbocycles. The Hall–Kier alpha value is -3.16. The number of benzene rings is 2. The van der Waals surface area contributed by atoms with Crippen molar-refractivity contribution in [3.05, 3.63) is 60.2 Å². The van der Waals surface area contributed by atoms with Gasteiger partial charge in [0.1, 0.15) is 11.6 Å². The van der Waals surface area contributed by atoms with Gasteiger partial charge in [0, 0.05) is 30.4 Å². The van der Waals surface area contributed by atoms with Gasteiger partial charge in [-0.25, -0.2) is 18.4 Å². The SMILES string of the molecule is O=C(Nc1cccc(F)c1)OCCC1CCCCN1C(=O)Nc1cccc(F)c1. The van der Waals surface area contributed by atoms with E-state index in [1.807, 2.05) is 0 Å². The minimum Gasteiger partial charge on any atom is -0.449 e. The van der Waals surface area contributed by atoms with E-state index in [0.29, 0.717) is 24.3 Å². The van der Waals surface area contributed by atoms with Crippen molar-refractivity contribution in [1.29, 1.82) is 0 Å². The number of carbonyl (C=O) groups is 2. The number of piperidine rings is 1. The van der Waals surface area contributed by atoms with Crippen molar-refractivity contribution in [1.82, 2.24) is 4.90 Å². The zero-order valence-corrected chi connectivity index (χ0v) is 15.9. The van der Waals surface area contributed by atoms with Crippen molar-refractivity contribution in [3.63, 3.8) is 0 Å². The van der Waals surface area contributed by atoms with Crippen LogP contribution in [0, 0.1) is 11.6 Å². The van der Waals surface area contributed by atoms with Crippen LogP contribution in [0.3, 0.4) is 0 Å². The molecule has 0 spiro atoms. The Balaban J connectivity index is 1.49. The fourth-order valence-electron chi connectivity index (χ4n) is 3.34. The van der Waals surface area contributed by atoms with Gasteiger partial charge in [0.05, 0.1) is 6.61 Å². The maximum absolute atomic E-state index is 13.3. The molecule has 154 valence electrons. The van der Waals surface area contributed by atoms with Gasteiger partial charge in [-0.2, -0.15) is 0 Å². The number of ether oxygens (including phenoxy) is 1. The molecule has 1 unspecified atom stereocenters. The molecule has 2 aromatic rings. The summed E-state index contributed by atoms with van der Waals surface area (Å²) in [4.78, 5) is 26.2. The van der Waals surface area contributed by atoms with Crippen molar-refractivity contribution in [2.45, 2.75) is 31.7 Å². The second-order valence-electron chi connectivity index (χ2n) is 6.84. The van der Waals surface area contributed by atoms with Crippen molar-refractivity contribution in [2.75, 3.05) is 23.8 Å². The molecule has 1 aliphatic heterocycles. The Bertz CT molecular complexity index is 863. The third-order valence-electron chi connectivity index (χ3n) is 4.72. The highest BCUT2D eigenvalue weighted by Gasteiger charge is 2.27. The summed E-state index contributed by atoms with van der Waals surface area (Å²) in [6.45, 7) is 0.705. The molecule has 1 heterocycles. The average Bonchev–Trinajstić information content (AvgIpc) is 2.68. The van der Waals surface area contributed by atoms with Gasteiger partial charge in [-0.3, -0.25) is 5.32 Å². The lowest BCUT2D eigenvalue weighted by molar-refractivity contribution is 0.123. The summed E-state index contributed by atoms with van der Waals surface area (Å²) in [5.74, 6) is -0.874. The summed E-state index contributed by atoms with van der Waals surface area (Å²) in [6.07, 6.45) is 2.46. The van der Waals surface area contributed by atoms with Crippen LogP contribution < -0.4 is 10.6 Å². The fraction of sp³-hybridized carbons (Fsp3) is 0.333. The molecule has 29 heavy (non-hydrogen) atoms. The number of nitrogens with one attached hydrogen (secondary N) is 2. The predicted molar refractivity (Wildman–Crippen MR) is 106 cm³/mol. The number of carbonyl (C=O) groups excluding carboxylic acids is 2. The molecule has 0 aromatic heterocycles. The predicted octanol–water partition coefficient (Wildman–Crippen LogP) is 4.99. The first-order valence-electron chi connectivity index (χ1n) is 9.54. The molecule has 0 saturated carbocycles. The topological polar surface area (TPSA) is 70.7 Å². The lowest BCUT2D eigenvalue weighted by Gasteiger charge is -2.35. The van der Waals surface area contributed by atoms with Gasteiger partial charge in [-0.05, 0) is 55.7 Å². The first kappa shape index (κ1) is 20.6. The van der Waals surface area contributed by atoms with E-state index >= 15 is 0 Å². The smallest absolute Gasteiger partial charge is 0.411 e. The number of hydrogen-bond acceptors (Lipinski definition) is 3. The third kappa shape index (κ3) is 6.17. The molecule has 1 atom stereocenters. The third-order valence-corrected chi connectivity index (χ3v) is 4.72. The van der Waals surface area contributed by atoms with Crippen molar-refractivity contribution >= 4 is 23.5 Å². The molecular weight excluding hydrogens is 380 g/mol. The van der Waals surface area contributed by atoms with E-state index < -0.39 is 17.7 Å². The zero-order valence-electron chi connectivity index (χ0n) is 15.9. The number of likely N-dealkylation sites (tertiary alicyclic amines) is 1. The van der Waals surface area contributed by atoms with E-state index in [1.54, 1.807) is 17.0 Å². The Morgan fingerprint density at radius 1 is 1.00 bits per heavy atom. The van der Waals surface area contributed by atoms with E-state index in [2.05, 4.69) is 10.6 Å². The van der Waals surface area contributed by atoms with Gasteiger partial charge < -0.3 is 15.0 Å². The minimum atomic E-state index is -0.679. The van der Waals surface area contributed by atoms with Gasteiger partial charge in [-0.15, -0.1) is 0 Å². The molecular formula is C21H23F2N3O3. The summed E-state index contributed by atoms with van der Waals surface area (Å²) < 4.78 is 31.6. The molecule has 6 nitrogen and oxygen atoms in total. The van der Waals surface area contributed by atoms with Gasteiger partial charge in [-0.1, -0.05) is 12.1 Å². The molecule has 0 bridgehead atoms. The molecule has 3 rings (SSSR count). The van der Waals surface area contributed by atoms with Crippen LogP contribution in [0.15, 0.2) is 48.5 Å². The summed E-state index contributed by atoms with van der Waals surface area (Å²) in [7, 11) is 0. The van der Waals surface area contributed by atoms with Gasteiger partial charge in [0.2, 0.25) is 0 Å². The van der Waals surface area contributed by atoms with E-state index in [-0.39, 0.29) is 18.7 Å². The maximum Gasteiger partial charge on any atom is 0.411 e. The molecule has 3 amide bonds. The molecule has 1 aliphatic rings. The zero-order chi connectivity index (χ0) is 20.6. The van der Waals surface area contributed by atoms with Crippen LogP contribution in [0.5, 0.6) is 0 Å². The number of amides is 3. The number of anilines is 2. The van der Waals surface area contributed by atoms with Crippen molar-refractivity contribution in [2.24, 2.45) is 0 Å². The number of hydrogen-bond donors (Lipinski definition) is 2. The molecule has 8 heteroatoms. The summed E-state index contributed by atoms with van der Waals surface area (Å²) in [5, 5.41) is 5.17. The Morgan fingerprint density at radius 3 is 2.31 bits per heavy atom. The molecule has 0 radical (unpaired) electrons. The van der Waals surface area contributed by atoms with Crippen LogP contribution in [0.2, 0.25) is 0 Å². The normalized spacial score (nSPS) is 16.2. The fourth-order valence-corrected chi connectivity index (χ4v) is 3.34. The van der Waals surface area contributed by atoms with Gasteiger partial charge in [0.15, 0.2) is 0 Å². The first-order valence-corrected chi connectivity index (χ1v) is 9.54. The van der Waals surface area contributed by atoms with Crippen LogP contribution in [0.4, 0.5) is 29.7 Å². The highest BCUT2D eigenvalue weighted by atomic mass is 19.1. The second kappa shape index (κ2) is 9.86. The highest BCUT2D eigenvalue weighted by molar-refractivity contribution is 5.89. The molecule has 1 fully saturated rings. The van der Waals surface area contributed by atoms with Crippen molar-refractivity contribution in [3.8, 4) is 0 Å². The number of nitrogens with zero attached hydrogens (tertiary/aromatic N) is 1. The van der Waals surface area contributed by atoms with Crippen LogP contribution in [0.1, 0.15) is 25.7 Å². The van der Waals surface area contributed by atoms with Crippen LogP contribution in [-0.2, 0) is 4.74 Å². The Morgan fingerprint density at radius 2 is 1.66 bits per heavy atom. The van der Waals surface area contributed by atoms with Gasteiger partial charge >= 0.3 is 12.1 Å². The van der Waals surface area contributed by atoms with Gasteiger partial charge in [0.25, 0.3) is 0 Å². The van der Waals surface area contributed by atoms with E-state index in [4.69, 9.17) is 4.74 Å². The molecule has 0 aliphatic carbocycles. The molecule has 1 saturated heterocycles. The average molecular weight is 403 g/mol. The second-order valence-corrected chi connectivity index (χ2v) is 6.84. The number of urea groups is 1. The van der Waals surface area contributed by atoms with Crippen LogP contribution >= 0.6 is 0 Å². The largest absolute Gasteiger partial charge is 0.449 e. The summed E-state index contributed by atoms with van der Waals surface area (Å²) >= 11 is 0. The van der Waals surface area contributed by atoms with Crippen molar-refractivity contribution < 1.29 is 23.1 Å². The first-order chi connectivity index (χ1) is 14.0. The standard InChI is InChI=1S/C21H23F2N3O3/c22-15-5-3-7-17(13-15)24-20(27)26-11-2-1-9-19(26)10-12-29-21(28)25-18-8-4-6-16(23)14-18/h3-8,13-14,19H,1-2,9-12H2,(H,24,27)(H,25,28). The van der Waals surface area contributed by atoms with Crippen LogP contribution in [-0.4, -0.2) is 36.2 Å². The highest BCUT2D eigenvalue weighted by Crippen LogP contribution is 2.21. The quantitative estimate of drug-likeness (QED) is 0.739.